The fourth-order valence-electron chi connectivity index (χ4n) is 2.45. The highest BCUT2D eigenvalue weighted by Gasteiger charge is 2.23. The third-order valence-corrected chi connectivity index (χ3v) is 3.44. The lowest BCUT2D eigenvalue weighted by molar-refractivity contribution is 0.112. The number of benzene rings is 1. The first-order valence-electron chi connectivity index (χ1n) is 6.29. The van der Waals surface area contributed by atoms with Crippen molar-refractivity contribution in [1.82, 2.24) is 4.98 Å². The largest absolute Gasteiger partial charge is 0.371 e. The van der Waals surface area contributed by atoms with Crippen LogP contribution in [0.15, 0.2) is 42.6 Å². The van der Waals surface area contributed by atoms with Crippen LogP contribution in [-0.2, 0) is 0 Å². The van der Waals surface area contributed by atoms with E-state index in [1.54, 1.807) is 18.3 Å². The molecule has 96 valence electrons. The van der Waals surface area contributed by atoms with Crippen molar-refractivity contribution in [2.75, 3.05) is 29.9 Å². The number of hydrogen-bond acceptors (Lipinski definition) is 4. The third kappa shape index (κ3) is 1.95. The molecule has 3 rings (SSSR count). The number of likely N-dealkylation sites (N-methyl/N-ethyl adjacent to an activating group) is 1. The second-order valence-corrected chi connectivity index (χ2v) is 4.60. The number of aromatic nitrogens is 1. The summed E-state index contributed by atoms with van der Waals surface area (Å²) in [5.74, 6) is 0.734. The van der Waals surface area contributed by atoms with Crippen LogP contribution in [0.1, 0.15) is 10.4 Å². The zero-order valence-corrected chi connectivity index (χ0v) is 10.8. The first-order valence-corrected chi connectivity index (χ1v) is 6.29. The molecule has 19 heavy (non-hydrogen) atoms. The molecule has 1 aliphatic heterocycles. The Balaban J connectivity index is 2.12. The average Bonchev–Trinajstić information content (AvgIpc) is 2.48. The molecule has 1 aliphatic rings. The Bertz CT molecular complexity index is 612. The first kappa shape index (κ1) is 11.7. The topological polar surface area (TPSA) is 36.4 Å². The van der Waals surface area contributed by atoms with Crippen molar-refractivity contribution in [1.29, 1.82) is 0 Å². The molecule has 0 spiro atoms. The smallest absolute Gasteiger partial charge is 0.153 e. The quantitative estimate of drug-likeness (QED) is 0.770. The normalized spacial score (nSPS) is 14.2. The minimum atomic E-state index is 0.627. The van der Waals surface area contributed by atoms with Crippen LogP contribution in [0.4, 0.5) is 17.2 Å². The Morgan fingerprint density at radius 2 is 1.89 bits per heavy atom. The number of carbonyl (C=O) groups is 1. The van der Waals surface area contributed by atoms with Gasteiger partial charge in [-0.3, -0.25) is 4.79 Å². The van der Waals surface area contributed by atoms with E-state index in [9.17, 15) is 4.79 Å². The SMILES string of the molecule is CN1CCN(c2ncccc2C=O)c2ccccc21. The zero-order valence-electron chi connectivity index (χ0n) is 10.8. The van der Waals surface area contributed by atoms with Crippen LogP contribution in [0.25, 0.3) is 0 Å². The lowest BCUT2D eigenvalue weighted by Gasteiger charge is -2.36. The number of rotatable bonds is 2. The van der Waals surface area contributed by atoms with E-state index in [2.05, 4.69) is 34.0 Å². The number of nitrogens with zero attached hydrogens (tertiary/aromatic N) is 3. The number of fused-ring (bicyclic) bond motifs is 1. The molecule has 0 bridgehead atoms. The van der Waals surface area contributed by atoms with Crippen molar-refractivity contribution < 1.29 is 4.79 Å². The van der Waals surface area contributed by atoms with Gasteiger partial charge in [0.1, 0.15) is 5.82 Å². The van der Waals surface area contributed by atoms with E-state index in [4.69, 9.17) is 0 Å². The van der Waals surface area contributed by atoms with Gasteiger partial charge in [0.05, 0.1) is 16.9 Å². The van der Waals surface area contributed by atoms with Gasteiger partial charge in [-0.2, -0.15) is 0 Å². The van der Waals surface area contributed by atoms with E-state index < -0.39 is 0 Å². The molecule has 2 aromatic rings. The monoisotopic (exact) mass is 253 g/mol. The lowest BCUT2D eigenvalue weighted by atomic mass is 10.1. The second-order valence-electron chi connectivity index (χ2n) is 4.60. The molecule has 0 unspecified atom stereocenters. The van der Waals surface area contributed by atoms with Gasteiger partial charge >= 0.3 is 0 Å². The lowest BCUT2D eigenvalue weighted by Crippen LogP contribution is -2.37. The molecule has 4 nitrogen and oxygen atoms in total. The molecule has 0 aliphatic carbocycles. The molecule has 1 aromatic heterocycles. The molecular formula is C15H15N3O. The summed E-state index contributed by atoms with van der Waals surface area (Å²) < 4.78 is 0. The Hall–Kier alpha value is -2.36. The highest BCUT2D eigenvalue weighted by atomic mass is 16.1. The maximum atomic E-state index is 11.2. The maximum absolute atomic E-state index is 11.2. The first-order chi connectivity index (χ1) is 9.31. The van der Waals surface area contributed by atoms with Crippen molar-refractivity contribution in [3.05, 3.63) is 48.2 Å². The molecule has 2 heterocycles. The minimum Gasteiger partial charge on any atom is -0.371 e. The van der Waals surface area contributed by atoms with Crippen LogP contribution in [0.5, 0.6) is 0 Å². The van der Waals surface area contributed by atoms with Crippen LogP contribution in [0.2, 0.25) is 0 Å². The fraction of sp³-hybridized carbons (Fsp3) is 0.200. The number of anilines is 3. The summed E-state index contributed by atoms with van der Waals surface area (Å²) in [6.07, 6.45) is 2.59. The number of hydrogen-bond donors (Lipinski definition) is 0. The minimum absolute atomic E-state index is 0.627. The molecule has 0 atom stereocenters. The summed E-state index contributed by atoms with van der Waals surface area (Å²) >= 11 is 0. The molecule has 0 saturated heterocycles. The second kappa shape index (κ2) is 4.72. The Kier molecular flexibility index (Phi) is 2.91. The van der Waals surface area contributed by atoms with Crippen LogP contribution >= 0.6 is 0 Å². The van der Waals surface area contributed by atoms with E-state index in [1.807, 2.05) is 12.1 Å². The average molecular weight is 253 g/mol. The molecular weight excluding hydrogens is 238 g/mol. The van der Waals surface area contributed by atoms with Gasteiger partial charge in [0.15, 0.2) is 6.29 Å². The van der Waals surface area contributed by atoms with Crippen LogP contribution in [0, 0.1) is 0 Å². The highest BCUT2D eigenvalue weighted by Crippen LogP contribution is 2.36. The van der Waals surface area contributed by atoms with Gasteiger partial charge in [-0.25, -0.2) is 4.98 Å². The van der Waals surface area contributed by atoms with E-state index in [0.717, 1.165) is 36.6 Å². The van der Waals surface area contributed by atoms with Crippen LogP contribution < -0.4 is 9.80 Å². The molecule has 0 saturated carbocycles. The predicted octanol–water partition coefficient (Wildman–Crippen LogP) is 2.48. The summed E-state index contributed by atoms with van der Waals surface area (Å²) in [5, 5.41) is 0. The van der Waals surface area contributed by atoms with Gasteiger partial charge in [-0.15, -0.1) is 0 Å². The highest BCUT2D eigenvalue weighted by molar-refractivity contribution is 5.87. The number of aldehydes is 1. The molecule has 0 N–H and O–H groups in total. The number of para-hydroxylation sites is 2. The van der Waals surface area contributed by atoms with Crippen molar-refractivity contribution in [3.8, 4) is 0 Å². The van der Waals surface area contributed by atoms with Gasteiger partial charge in [-0.05, 0) is 24.3 Å². The molecule has 4 heteroatoms. The van der Waals surface area contributed by atoms with Gasteiger partial charge in [-0.1, -0.05) is 12.1 Å². The molecule has 1 aromatic carbocycles. The van der Waals surface area contributed by atoms with Crippen LogP contribution in [-0.4, -0.2) is 31.4 Å². The van der Waals surface area contributed by atoms with Gasteiger partial charge in [0.25, 0.3) is 0 Å². The predicted molar refractivity (Wildman–Crippen MR) is 76.3 cm³/mol. The number of pyridine rings is 1. The standard InChI is InChI=1S/C15H15N3O/c1-17-9-10-18(14-7-3-2-6-13(14)17)15-12(11-19)5-4-8-16-15/h2-8,11H,9-10H2,1H3. The molecule has 0 amide bonds. The van der Waals surface area contributed by atoms with Crippen molar-refractivity contribution in [3.63, 3.8) is 0 Å². The summed E-state index contributed by atoms with van der Waals surface area (Å²) in [7, 11) is 2.08. The van der Waals surface area contributed by atoms with Crippen molar-refractivity contribution >= 4 is 23.5 Å². The van der Waals surface area contributed by atoms with E-state index in [1.165, 1.54) is 0 Å². The fourth-order valence-corrected chi connectivity index (χ4v) is 2.45. The third-order valence-electron chi connectivity index (χ3n) is 3.44. The summed E-state index contributed by atoms with van der Waals surface area (Å²) in [4.78, 5) is 19.9. The molecule has 0 fully saturated rings. The van der Waals surface area contributed by atoms with Crippen molar-refractivity contribution in [2.24, 2.45) is 0 Å². The van der Waals surface area contributed by atoms with E-state index >= 15 is 0 Å². The van der Waals surface area contributed by atoms with Gasteiger partial charge in [0, 0.05) is 26.3 Å². The van der Waals surface area contributed by atoms with Gasteiger partial charge in [0.2, 0.25) is 0 Å². The summed E-state index contributed by atoms with van der Waals surface area (Å²) in [6.45, 7) is 1.73. The Morgan fingerprint density at radius 1 is 1.11 bits per heavy atom. The van der Waals surface area contributed by atoms with Gasteiger partial charge < -0.3 is 9.80 Å². The zero-order chi connectivity index (χ0) is 13.2. The maximum Gasteiger partial charge on any atom is 0.153 e. The van der Waals surface area contributed by atoms with E-state index in [-0.39, 0.29) is 0 Å². The Morgan fingerprint density at radius 3 is 2.68 bits per heavy atom. The number of carbonyl (C=O) groups excluding carboxylic acids is 1. The summed E-state index contributed by atoms with van der Waals surface area (Å²) in [5.41, 5.74) is 2.89. The van der Waals surface area contributed by atoms with E-state index in [0.29, 0.717) is 5.56 Å². The summed E-state index contributed by atoms with van der Waals surface area (Å²) in [6, 6.07) is 11.8. The van der Waals surface area contributed by atoms with Crippen molar-refractivity contribution in [2.45, 2.75) is 0 Å². The van der Waals surface area contributed by atoms with Crippen LogP contribution in [0.3, 0.4) is 0 Å². The molecule has 0 radical (unpaired) electrons. The Labute approximate surface area is 112 Å².